The standard InChI is InChI=1S/C14H11Cl2N3O4/c1-17-11(6-4-8-3-5-9(15)7-10(8)16)12(19(22)23)13(20)18(2)14(17)21/h3-7H,1-2H3/b6-4+. The van der Waals surface area contributed by atoms with Crippen molar-refractivity contribution in [3.8, 4) is 0 Å². The zero-order chi connectivity index (χ0) is 17.3. The molecular formula is C14H11Cl2N3O4. The molecule has 0 amide bonds. The lowest BCUT2D eigenvalue weighted by molar-refractivity contribution is -0.387. The fourth-order valence-electron chi connectivity index (χ4n) is 2.01. The van der Waals surface area contributed by atoms with E-state index in [4.69, 9.17) is 23.2 Å². The van der Waals surface area contributed by atoms with Crippen molar-refractivity contribution < 1.29 is 4.92 Å². The predicted molar refractivity (Wildman–Crippen MR) is 89.0 cm³/mol. The summed E-state index contributed by atoms with van der Waals surface area (Å²) in [4.78, 5) is 34.3. The zero-order valence-electron chi connectivity index (χ0n) is 12.1. The van der Waals surface area contributed by atoms with Gasteiger partial charge < -0.3 is 0 Å². The summed E-state index contributed by atoms with van der Waals surface area (Å²) in [5.41, 5.74) is -1.90. The molecule has 23 heavy (non-hydrogen) atoms. The minimum absolute atomic E-state index is 0.117. The van der Waals surface area contributed by atoms with Crippen molar-refractivity contribution in [3.63, 3.8) is 0 Å². The summed E-state index contributed by atoms with van der Waals surface area (Å²) in [7, 11) is 2.53. The molecule has 0 aliphatic carbocycles. The quantitative estimate of drug-likeness (QED) is 0.624. The normalized spacial score (nSPS) is 11.1. The Morgan fingerprint density at radius 3 is 2.35 bits per heavy atom. The Balaban J connectivity index is 2.68. The van der Waals surface area contributed by atoms with Crippen molar-refractivity contribution in [1.29, 1.82) is 0 Å². The van der Waals surface area contributed by atoms with Crippen LogP contribution in [0.2, 0.25) is 10.0 Å². The van der Waals surface area contributed by atoms with Crippen LogP contribution in [-0.4, -0.2) is 14.1 Å². The monoisotopic (exact) mass is 355 g/mol. The molecule has 2 rings (SSSR count). The van der Waals surface area contributed by atoms with E-state index in [1.54, 1.807) is 12.1 Å². The summed E-state index contributed by atoms with van der Waals surface area (Å²) in [5, 5.41) is 12.0. The maximum absolute atomic E-state index is 12.0. The minimum Gasteiger partial charge on any atom is -0.291 e. The van der Waals surface area contributed by atoms with Gasteiger partial charge in [0.1, 0.15) is 5.69 Å². The van der Waals surface area contributed by atoms with Gasteiger partial charge in [0.05, 0.1) is 4.92 Å². The van der Waals surface area contributed by atoms with Gasteiger partial charge in [-0.25, -0.2) is 4.79 Å². The second kappa shape index (κ2) is 6.39. The second-order valence-electron chi connectivity index (χ2n) is 4.70. The summed E-state index contributed by atoms with van der Waals surface area (Å²) in [6.45, 7) is 0. The van der Waals surface area contributed by atoms with Gasteiger partial charge in [-0.05, 0) is 23.8 Å². The largest absolute Gasteiger partial charge is 0.357 e. The molecule has 0 aliphatic heterocycles. The molecule has 0 aliphatic rings. The van der Waals surface area contributed by atoms with E-state index < -0.39 is 21.9 Å². The van der Waals surface area contributed by atoms with Crippen LogP contribution in [0, 0.1) is 10.1 Å². The molecule has 0 N–H and O–H groups in total. The van der Waals surface area contributed by atoms with Crippen LogP contribution in [0.5, 0.6) is 0 Å². The third-order valence-electron chi connectivity index (χ3n) is 3.25. The Morgan fingerprint density at radius 1 is 1.13 bits per heavy atom. The molecule has 2 aromatic rings. The number of nitrogens with zero attached hydrogens (tertiary/aromatic N) is 3. The van der Waals surface area contributed by atoms with Gasteiger partial charge in [0.25, 0.3) is 0 Å². The highest BCUT2D eigenvalue weighted by Crippen LogP contribution is 2.23. The van der Waals surface area contributed by atoms with Gasteiger partial charge in [-0.1, -0.05) is 35.3 Å². The van der Waals surface area contributed by atoms with E-state index in [0.29, 0.717) is 20.2 Å². The van der Waals surface area contributed by atoms with Crippen molar-refractivity contribution in [2.24, 2.45) is 14.1 Å². The maximum Gasteiger partial charge on any atom is 0.357 e. The number of benzene rings is 1. The third-order valence-corrected chi connectivity index (χ3v) is 3.81. The fraction of sp³-hybridized carbons (Fsp3) is 0.143. The molecule has 0 bridgehead atoms. The zero-order valence-corrected chi connectivity index (χ0v) is 13.6. The first-order valence-electron chi connectivity index (χ1n) is 6.31. The van der Waals surface area contributed by atoms with Crippen LogP contribution in [0.1, 0.15) is 11.3 Å². The summed E-state index contributed by atoms with van der Waals surface area (Å²) in [6, 6.07) is 4.73. The van der Waals surface area contributed by atoms with Gasteiger partial charge in [0.2, 0.25) is 0 Å². The van der Waals surface area contributed by atoms with E-state index in [1.807, 2.05) is 0 Å². The fourth-order valence-corrected chi connectivity index (χ4v) is 2.48. The van der Waals surface area contributed by atoms with Crippen LogP contribution >= 0.6 is 23.2 Å². The van der Waals surface area contributed by atoms with E-state index in [-0.39, 0.29) is 5.69 Å². The van der Waals surface area contributed by atoms with Crippen LogP contribution in [0.25, 0.3) is 12.2 Å². The first kappa shape index (κ1) is 17.0. The highest BCUT2D eigenvalue weighted by Gasteiger charge is 2.23. The van der Waals surface area contributed by atoms with Gasteiger partial charge in [0.15, 0.2) is 0 Å². The lowest BCUT2D eigenvalue weighted by Crippen LogP contribution is -2.39. The van der Waals surface area contributed by atoms with E-state index in [1.165, 1.54) is 32.3 Å². The first-order chi connectivity index (χ1) is 10.7. The van der Waals surface area contributed by atoms with Gasteiger partial charge in [0, 0.05) is 24.1 Å². The van der Waals surface area contributed by atoms with Crippen LogP contribution in [0.3, 0.4) is 0 Å². The summed E-state index contributed by atoms with van der Waals surface area (Å²) in [5.74, 6) is 0. The Kier molecular flexibility index (Phi) is 4.72. The van der Waals surface area contributed by atoms with Crippen LogP contribution in [0.15, 0.2) is 27.8 Å². The Labute approximate surface area is 140 Å². The smallest absolute Gasteiger partial charge is 0.291 e. The van der Waals surface area contributed by atoms with Crippen LogP contribution < -0.4 is 11.2 Å². The Morgan fingerprint density at radius 2 is 1.78 bits per heavy atom. The molecule has 0 saturated heterocycles. The first-order valence-corrected chi connectivity index (χ1v) is 7.07. The highest BCUT2D eigenvalue weighted by atomic mass is 35.5. The van der Waals surface area contributed by atoms with Crippen molar-refractivity contribution in [2.75, 3.05) is 0 Å². The van der Waals surface area contributed by atoms with Gasteiger partial charge in [-0.2, -0.15) is 0 Å². The molecular weight excluding hydrogens is 345 g/mol. The minimum atomic E-state index is -0.972. The molecule has 1 aromatic carbocycles. The molecule has 120 valence electrons. The van der Waals surface area contributed by atoms with Crippen molar-refractivity contribution in [1.82, 2.24) is 9.13 Å². The number of aromatic nitrogens is 2. The lowest BCUT2D eigenvalue weighted by atomic mass is 10.2. The van der Waals surface area contributed by atoms with E-state index in [2.05, 4.69) is 0 Å². The summed E-state index contributed by atoms with van der Waals surface area (Å²) in [6.07, 6.45) is 2.77. The predicted octanol–water partition coefficient (Wildman–Crippen LogP) is 2.47. The number of hydrogen-bond donors (Lipinski definition) is 0. The molecule has 0 atom stereocenters. The van der Waals surface area contributed by atoms with Gasteiger partial charge in [-0.3, -0.25) is 24.0 Å². The SMILES string of the molecule is Cn1c(/C=C/c2ccc(Cl)cc2Cl)c([N+](=O)[O-])c(=O)n(C)c1=O. The molecule has 7 nitrogen and oxygen atoms in total. The average Bonchev–Trinajstić information content (AvgIpc) is 2.48. The molecule has 0 saturated carbocycles. The number of halogens is 2. The highest BCUT2D eigenvalue weighted by molar-refractivity contribution is 6.35. The Hall–Kier alpha value is -2.38. The van der Waals surface area contributed by atoms with Crippen molar-refractivity contribution >= 4 is 41.0 Å². The summed E-state index contributed by atoms with van der Waals surface area (Å²) < 4.78 is 1.71. The van der Waals surface area contributed by atoms with Gasteiger partial charge in [-0.15, -0.1) is 0 Å². The summed E-state index contributed by atoms with van der Waals surface area (Å²) >= 11 is 11.8. The Bertz CT molecular complexity index is 944. The van der Waals surface area contributed by atoms with Gasteiger partial charge >= 0.3 is 16.9 Å². The molecule has 9 heteroatoms. The topological polar surface area (TPSA) is 87.1 Å². The lowest BCUT2D eigenvalue weighted by Gasteiger charge is -2.07. The molecule has 0 radical (unpaired) electrons. The molecule has 0 unspecified atom stereocenters. The number of nitro groups is 1. The molecule has 1 heterocycles. The number of hydrogen-bond acceptors (Lipinski definition) is 4. The van der Waals surface area contributed by atoms with Crippen molar-refractivity contribution in [2.45, 2.75) is 0 Å². The average molecular weight is 356 g/mol. The third kappa shape index (κ3) is 3.20. The molecule has 0 fully saturated rings. The van der Waals surface area contributed by atoms with Crippen molar-refractivity contribution in [3.05, 3.63) is 70.5 Å². The second-order valence-corrected chi connectivity index (χ2v) is 5.54. The van der Waals surface area contributed by atoms with E-state index in [0.717, 1.165) is 4.57 Å². The number of rotatable bonds is 3. The molecule has 0 spiro atoms. The maximum atomic E-state index is 12.0. The van der Waals surface area contributed by atoms with E-state index >= 15 is 0 Å². The van der Waals surface area contributed by atoms with Crippen LogP contribution in [-0.2, 0) is 14.1 Å². The molecule has 1 aromatic heterocycles. The van der Waals surface area contributed by atoms with Crippen LogP contribution in [0.4, 0.5) is 5.69 Å². The van der Waals surface area contributed by atoms with E-state index in [9.17, 15) is 19.7 Å².